The number of hydroxylamine groups is 2. The van der Waals surface area contributed by atoms with Crippen LogP contribution in [0.2, 0.25) is 0 Å². The molecule has 0 aliphatic rings. The van der Waals surface area contributed by atoms with Gasteiger partial charge in [-0.05, 0) is 13.8 Å². The van der Waals surface area contributed by atoms with Gasteiger partial charge < -0.3 is 5.21 Å². The standard InChI is InChI=1S/C5H15N3O2/c1-5(2)7(4)10-8(9)6-3/h5-6,8H,1-4H3. The van der Waals surface area contributed by atoms with Crippen molar-refractivity contribution in [3.8, 4) is 0 Å². The summed E-state index contributed by atoms with van der Waals surface area (Å²) in [6.07, 6.45) is 0. The lowest BCUT2D eigenvalue weighted by molar-refractivity contribution is -1.11. The topological polar surface area (TPSA) is 52.0 Å². The first-order valence-corrected chi connectivity index (χ1v) is 3.20. The van der Waals surface area contributed by atoms with Crippen LogP contribution in [0.1, 0.15) is 13.8 Å². The van der Waals surface area contributed by atoms with E-state index in [1.165, 1.54) is 12.1 Å². The molecular weight excluding hydrogens is 134 g/mol. The van der Waals surface area contributed by atoms with Crippen LogP contribution in [-0.2, 0) is 4.94 Å². The summed E-state index contributed by atoms with van der Waals surface area (Å²) in [5.74, 6) is 0. The van der Waals surface area contributed by atoms with Gasteiger partial charge in [-0.25, -0.2) is 0 Å². The van der Waals surface area contributed by atoms with Crippen molar-refractivity contribution in [1.29, 1.82) is 0 Å². The highest BCUT2D eigenvalue weighted by atomic mass is 17.0. The average molecular weight is 149 g/mol. The zero-order valence-electron chi connectivity index (χ0n) is 6.84. The quantitative estimate of drug-likeness (QED) is 0.487. The number of nitrogens with one attached hydrogen (secondary N) is 2. The van der Waals surface area contributed by atoms with Gasteiger partial charge in [0.05, 0.1) is 0 Å². The molecule has 0 saturated carbocycles. The molecule has 0 saturated heterocycles. The predicted molar refractivity (Wildman–Crippen MR) is 37.4 cm³/mol. The Balaban J connectivity index is 3.46. The second kappa shape index (κ2) is 4.59. The minimum atomic E-state index is -0.434. The summed E-state index contributed by atoms with van der Waals surface area (Å²) >= 11 is 0. The maximum atomic E-state index is 10.6. The molecule has 0 aliphatic carbocycles. The Morgan fingerprint density at radius 2 is 2.10 bits per heavy atom. The van der Waals surface area contributed by atoms with Gasteiger partial charge in [-0.3, -0.25) is 0 Å². The van der Waals surface area contributed by atoms with E-state index < -0.39 is 5.34 Å². The first kappa shape index (κ1) is 9.80. The van der Waals surface area contributed by atoms with Gasteiger partial charge in [0.15, 0.2) is 0 Å². The maximum Gasteiger partial charge on any atom is 0.0370 e. The molecule has 0 fully saturated rings. The van der Waals surface area contributed by atoms with E-state index in [-0.39, 0.29) is 6.04 Å². The lowest BCUT2D eigenvalue weighted by Gasteiger charge is -2.24. The Morgan fingerprint density at radius 1 is 1.60 bits per heavy atom. The van der Waals surface area contributed by atoms with E-state index in [2.05, 4.69) is 5.43 Å². The van der Waals surface area contributed by atoms with Crippen LogP contribution in [0.3, 0.4) is 0 Å². The molecule has 0 amide bonds. The minimum Gasteiger partial charge on any atom is -0.578 e. The van der Waals surface area contributed by atoms with Gasteiger partial charge in [-0.15, -0.1) is 15.8 Å². The molecular formula is C5H15N3O2. The molecule has 2 N–H and O–H groups in total. The molecule has 1 atom stereocenters. The van der Waals surface area contributed by atoms with Crippen molar-refractivity contribution >= 4 is 0 Å². The largest absolute Gasteiger partial charge is 0.578 e. The SMILES string of the molecule is CN[NH+]([O-])ON(C)C(C)C. The van der Waals surface area contributed by atoms with Gasteiger partial charge >= 0.3 is 0 Å². The van der Waals surface area contributed by atoms with Gasteiger partial charge in [0.25, 0.3) is 0 Å². The Hall–Kier alpha value is -0.200. The predicted octanol–water partition coefficient (Wildman–Crippen LogP) is -1.31. The molecule has 0 aliphatic heterocycles. The van der Waals surface area contributed by atoms with Crippen LogP contribution < -0.4 is 10.8 Å². The zero-order chi connectivity index (χ0) is 8.15. The van der Waals surface area contributed by atoms with E-state index in [0.29, 0.717) is 0 Å². The Labute approximate surface area is 61.0 Å². The number of nitrogens with zero attached hydrogens (tertiary/aromatic N) is 1. The summed E-state index contributed by atoms with van der Waals surface area (Å²) in [5, 5.41) is 11.6. The minimum absolute atomic E-state index is 0.206. The highest BCUT2D eigenvalue weighted by Gasteiger charge is 2.06. The van der Waals surface area contributed by atoms with Crippen LogP contribution in [0, 0.1) is 5.21 Å². The molecule has 1 unspecified atom stereocenters. The van der Waals surface area contributed by atoms with E-state index >= 15 is 0 Å². The summed E-state index contributed by atoms with van der Waals surface area (Å²) in [6.45, 7) is 3.87. The zero-order valence-corrected chi connectivity index (χ0v) is 6.84. The molecule has 0 radical (unpaired) electrons. The maximum absolute atomic E-state index is 10.6. The molecule has 10 heavy (non-hydrogen) atoms. The van der Waals surface area contributed by atoms with Crippen LogP contribution in [-0.4, -0.2) is 25.2 Å². The molecule has 0 bridgehead atoms. The molecule has 5 heteroatoms. The fraction of sp³-hybridized carbons (Fsp3) is 1.00. The van der Waals surface area contributed by atoms with E-state index in [4.69, 9.17) is 4.94 Å². The van der Waals surface area contributed by atoms with Crippen LogP contribution in [0.25, 0.3) is 0 Å². The summed E-state index contributed by atoms with van der Waals surface area (Å²) in [5.41, 5.74) is 2.35. The lowest BCUT2D eigenvalue weighted by atomic mass is 10.4. The Kier molecular flexibility index (Phi) is 4.50. The first-order valence-electron chi connectivity index (χ1n) is 3.20. The number of rotatable bonds is 4. The molecule has 0 rings (SSSR count). The molecule has 0 heterocycles. The molecule has 0 aromatic carbocycles. The molecule has 62 valence electrons. The summed E-state index contributed by atoms with van der Waals surface area (Å²) in [4.78, 5) is 4.74. The van der Waals surface area contributed by atoms with E-state index in [1.54, 1.807) is 7.05 Å². The van der Waals surface area contributed by atoms with Crippen LogP contribution in [0.15, 0.2) is 0 Å². The number of hydrogen-bond acceptors (Lipinski definition) is 4. The van der Waals surface area contributed by atoms with Crippen molar-refractivity contribution in [2.75, 3.05) is 14.1 Å². The summed E-state index contributed by atoms with van der Waals surface area (Å²) in [6, 6.07) is 0.206. The van der Waals surface area contributed by atoms with E-state index in [0.717, 1.165) is 0 Å². The third-order valence-electron chi connectivity index (χ3n) is 1.16. The monoisotopic (exact) mass is 149 g/mol. The van der Waals surface area contributed by atoms with Gasteiger partial charge in [0.1, 0.15) is 0 Å². The third-order valence-corrected chi connectivity index (χ3v) is 1.16. The molecule has 5 nitrogen and oxygen atoms in total. The van der Waals surface area contributed by atoms with Crippen molar-refractivity contribution in [1.82, 2.24) is 10.5 Å². The first-order chi connectivity index (χ1) is 4.57. The van der Waals surface area contributed by atoms with Gasteiger partial charge in [0, 0.05) is 20.1 Å². The van der Waals surface area contributed by atoms with Crippen LogP contribution >= 0.6 is 0 Å². The van der Waals surface area contributed by atoms with Gasteiger partial charge in [-0.2, -0.15) is 0 Å². The van der Waals surface area contributed by atoms with Crippen LogP contribution in [0.4, 0.5) is 0 Å². The van der Waals surface area contributed by atoms with Crippen molar-refractivity contribution in [3.05, 3.63) is 5.21 Å². The van der Waals surface area contributed by atoms with E-state index in [9.17, 15) is 5.21 Å². The van der Waals surface area contributed by atoms with Crippen molar-refractivity contribution in [2.24, 2.45) is 0 Å². The van der Waals surface area contributed by atoms with Crippen molar-refractivity contribution < 1.29 is 10.3 Å². The smallest absolute Gasteiger partial charge is 0.0370 e. The summed E-state index contributed by atoms with van der Waals surface area (Å²) < 4.78 is 0. The van der Waals surface area contributed by atoms with Crippen LogP contribution in [0.5, 0.6) is 0 Å². The fourth-order valence-corrected chi connectivity index (χ4v) is 0.282. The second-order valence-corrected chi connectivity index (χ2v) is 2.27. The highest BCUT2D eigenvalue weighted by Crippen LogP contribution is 1.88. The lowest BCUT2D eigenvalue weighted by Crippen LogP contribution is -3.13. The highest BCUT2D eigenvalue weighted by molar-refractivity contribution is 4.40. The Bertz CT molecular complexity index is 89.0. The van der Waals surface area contributed by atoms with E-state index in [1.807, 2.05) is 13.8 Å². The summed E-state index contributed by atoms with van der Waals surface area (Å²) in [7, 11) is 3.23. The van der Waals surface area contributed by atoms with Gasteiger partial charge in [0.2, 0.25) is 0 Å². The molecule has 0 aromatic heterocycles. The van der Waals surface area contributed by atoms with Crippen molar-refractivity contribution in [2.45, 2.75) is 19.9 Å². The number of hydrogen-bond donors (Lipinski definition) is 2. The Morgan fingerprint density at radius 3 is 2.40 bits per heavy atom. The second-order valence-electron chi connectivity index (χ2n) is 2.27. The average Bonchev–Trinajstić information content (AvgIpc) is 1.87. The normalized spacial score (nSPS) is 14.7. The fourth-order valence-electron chi connectivity index (χ4n) is 0.282. The third kappa shape index (κ3) is 3.76. The molecule has 0 aromatic rings. The van der Waals surface area contributed by atoms with Crippen molar-refractivity contribution in [3.63, 3.8) is 0 Å². The molecule has 0 spiro atoms. The number of quaternary nitrogens is 1. The van der Waals surface area contributed by atoms with Gasteiger partial charge in [-0.1, -0.05) is 4.94 Å².